The highest BCUT2D eigenvalue weighted by Crippen LogP contribution is 2.27. The summed E-state index contributed by atoms with van der Waals surface area (Å²) in [6.45, 7) is 0. The van der Waals surface area contributed by atoms with Gasteiger partial charge < -0.3 is 0 Å². The van der Waals surface area contributed by atoms with Crippen LogP contribution in [0.3, 0.4) is 0 Å². The monoisotopic (exact) mass is 433 g/mol. The van der Waals surface area contributed by atoms with E-state index in [0.717, 1.165) is 11.3 Å². The predicted octanol–water partition coefficient (Wildman–Crippen LogP) is 2.64. The van der Waals surface area contributed by atoms with Crippen LogP contribution in [0.5, 0.6) is 0 Å². The molecule has 0 amide bonds. The van der Waals surface area contributed by atoms with Crippen LogP contribution in [-0.4, -0.2) is 18.0 Å². The highest BCUT2D eigenvalue weighted by atomic mass is 79.9. The molecule has 3 rings (SSSR count). The number of hydrogen-bond acceptors (Lipinski definition) is 5. The highest BCUT2D eigenvalue weighted by molar-refractivity contribution is 9.08. The Bertz CT molecular complexity index is 1080. The second kappa shape index (κ2) is 5.99. The van der Waals surface area contributed by atoms with Crippen LogP contribution in [-0.2, 0) is 15.4 Å². The van der Waals surface area contributed by atoms with E-state index in [1.807, 2.05) is 0 Å². The SMILES string of the molecule is NS(=O)(=O)c1cc2c(=O)n(-c3ccccc3Cl)c(CBr)nc2s1. The molecule has 2 N–H and O–H groups in total. The molecule has 0 saturated carbocycles. The number of benzene rings is 1. The molecule has 0 fully saturated rings. The minimum absolute atomic E-state index is 0.102. The van der Waals surface area contributed by atoms with E-state index in [4.69, 9.17) is 16.7 Å². The number of rotatable bonds is 3. The van der Waals surface area contributed by atoms with Crippen molar-refractivity contribution in [3.63, 3.8) is 0 Å². The van der Waals surface area contributed by atoms with E-state index in [1.165, 1.54) is 10.6 Å². The minimum Gasteiger partial charge on any atom is -0.268 e. The lowest BCUT2D eigenvalue weighted by Crippen LogP contribution is -2.23. The highest BCUT2D eigenvalue weighted by Gasteiger charge is 2.19. The number of sulfonamides is 1. The molecule has 0 aliphatic heterocycles. The average molecular weight is 435 g/mol. The molecule has 0 radical (unpaired) electrons. The zero-order chi connectivity index (χ0) is 16.8. The standard InChI is InChI=1S/C13H9BrClN3O3S2/c14-6-10-17-12-7(5-11(22-12)23(16,20)21)13(19)18(10)9-4-2-1-3-8(9)15/h1-5H,6H2,(H2,16,20,21). The Balaban J connectivity index is 2.41. The van der Waals surface area contributed by atoms with Gasteiger partial charge in [-0.3, -0.25) is 9.36 Å². The fourth-order valence-electron chi connectivity index (χ4n) is 2.11. The van der Waals surface area contributed by atoms with Gasteiger partial charge in [0.15, 0.2) is 0 Å². The first kappa shape index (κ1) is 16.6. The zero-order valence-corrected chi connectivity index (χ0v) is 15.3. The molecular weight excluding hydrogens is 426 g/mol. The lowest BCUT2D eigenvalue weighted by molar-refractivity contribution is 0.600. The van der Waals surface area contributed by atoms with Crippen molar-refractivity contribution in [3.05, 3.63) is 51.5 Å². The molecule has 0 aliphatic carbocycles. The number of para-hydroxylation sites is 1. The molecule has 2 aromatic heterocycles. The molecule has 10 heteroatoms. The fraction of sp³-hybridized carbons (Fsp3) is 0.0769. The van der Waals surface area contributed by atoms with Crippen LogP contribution in [0.1, 0.15) is 5.82 Å². The molecular formula is C13H9BrClN3O3S2. The second-order valence-corrected chi connectivity index (χ2v) is 8.37. The number of primary sulfonamides is 1. The number of hydrogen-bond donors (Lipinski definition) is 1. The smallest absolute Gasteiger partial charge is 0.266 e. The van der Waals surface area contributed by atoms with Crippen molar-refractivity contribution < 1.29 is 8.42 Å². The maximum atomic E-state index is 12.8. The van der Waals surface area contributed by atoms with E-state index in [9.17, 15) is 13.2 Å². The van der Waals surface area contributed by atoms with Crippen molar-refractivity contribution in [2.24, 2.45) is 5.14 Å². The minimum atomic E-state index is -3.89. The van der Waals surface area contributed by atoms with Crippen LogP contribution in [0, 0.1) is 0 Å². The van der Waals surface area contributed by atoms with E-state index in [2.05, 4.69) is 20.9 Å². The van der Waals surface area contributed by atoms with Gasteiger partial charge in [0.1, 0.15) is 14.9 Å². The van der Waals surface area contributed by atoms with Crippen molar-refractivity contribution in [2.45, 2.75) is 9.54 Å². The Kier molecular flexibility index (Phi) is 4.32. The van der Waals surface area contributed by atoms with Crippen LogP contribution in [0.25, 0.3) is 15.9 Å². The summed E-state index contributed by atoms with van der Waals surface area (Å²) in [5, 5.41) is 6.00. The van der Waals surface area contributed by atoms with Crippen molar-refractivity contribution >= 4 is 59.1 Å². The molecule has 23 heavy (non-hydrogen) atoms. The first-order chi connectivity index (χ1) is 10.8. The fourth-order valence-corrected chi connectivity index (χ4v) is 4.47. The molecule has 0 unspecified atom stereocenters. The number of nitrogens with two attached hydrogens (primary N) is 1. The van der Waals surface area contributed by atoms with Gasteiger partial charge in [-0.2, -0.15) is 0 Å². The number of nitrogens with zero attached hydrogens (tertiary/aromatic N) is 2. The van der Waals surface area contributed by atoms with Gasteiger partial charge in [0.05, 0.1) is 21.4 Å². The Hall–Kier alpha value is -1.26. The molecule has 0 spiro atoms. The van der Waals surface area contributed by atoms with Gasteiger partial charge in [0.25, 0.3) is 5.56 Å². The van der Waals surface area contributed by atoms with Crippen molar-refractivity contribution in [1.82, 2.24) is 9.55 Å². The van der Waals surface area contributed by atoms with Crippen molar-refractivity contribution in [1.29, 1.82) is 0 Å². The molecule has 6 nitrogen and oxygen atoms in total. The maximum Gasteiger partial charge on any atom is 0.266 e. The molecule has 0 atom stereocenters. The number of alkyl halides is 1. The summed E-state index contributed by atoms with van der Waals surface area (Å²) in [5.41, 5.74) is 0.0788. The largest absolute Gasteiger partial charge is 0.268 e. The van der Waals surface area contributed by atoms with Gasteiger partial charge in [-0.25, -0.2) is 18.5 Å². The Labute approximate surface area is 148 Å². The molecule has 0 saturated heterocycles. The first-order valence-corrected chi connectivity index (χ1v) is 10.1. The Morgan fingerprint density at radius 3 is 2.65 bits per heavy atom. The summed E-state index contributed by atoms with van der Waals surface area (Å²) >= 11 is 10.3. The average Bonchev–Trinajstić information content (AvgIpc) is 2.93. The summed E-state index contributed by atoms with van der Waals surface area (Å²) in [5.74, 6) is 0.415. The third kappa shape index (κ3) is 2.94. The number of aromatic nitrogens is 2. The predicted molar refractivity (Wildman–Crippen MR) is 94.2 cm³/mol. The van der Waals surface area contributed by atoms with Gasteiger partial charge >= 0.3 is 0 Å². The molecule has 120 valence electrons. The van der Waals surface area contributed by atoms with E-state index in [1.54, 1.807) is 24.3 Å². The zero-order valence-electron chi connectivity index (χ0n) is 11.4. The quantitative estimate of drug-likeness (QED) is 0.641. The number of fused-ring (bicyclic) bond motifs is 1. The van der Waals surface area contributed by atoms with Crippen molar-refractivity contribution in [3.8, 4) is 5.69 Å². The van der Waals surface area contributed by atoms with Gasteiger partial charge in [0.2, 0.25) is 10.0 Å². The molecule has 3 aromatic rings. The third-order valence-corrected chi connectivity index (χ3v) is 6.38. The summed E-state index contributed by atoms with van der Waals surface area (Å²) in [4.78, 5) is 17.5. The van der Waals surface area contributed by atoms with Gasteiger partial charge in [-0.05, 0) is 18.2 Å². The topological polar surface area (TPSA) is 95.0 Å². The first-order valence-electron chi connectivity index (χ1n) is 6.22. The Morgan fingerprint density at radius 1 is 1.35 bits per heavy atom. The lowest BCUT2D eigenvalue weighted by Gasteiger charge is -2.11. The Morgan fingerprint density at radius 2 is 2.04 bits per heavy atom. The summed E-state index contributed by atoms with van der Waals surface area (Å²) in [6, 6.07) is 8.10. The summed E-state index contributed by atoms with van der Waals surface area (Å²) in [7, 11) is -3.89. The number of halogens is 2. The normalized spacial score (nSPS) is 12.0. The van der Waals surface area contributed by atoms with E-state index < -0.39 is 15.6 Å². The second-order valence-electron chi connectivity index (χ2n) is 4.58. The number of thiophene rings is 1. The van der Waals surface area contributed by atoms with Crippen LogP contribution >= 0.6 is 38.9 Å². The van der Waals surface area contributed by atoms with Crippen molar-refractivity contribution in [2.75, 3.05) is 0 Å². The molecule has 0 bridgehead atoms. The summed E-state index contributed by atoms with van der Waals surface area (Å²) in [6.07, 6.45) is 0. The van der Waals surface area contributed by atoms with E-state index >= 15 is 0 Å². The van der Waals surface area contributed by atoms with Gasteiger partial charge in [-0.15, -0.1) is 11.3 Å². The van der Waals surface area contributed by atoms with E-state index in [-0.39, 0.29) is 9.60 Å². The molecule has 1 aromatic carbocycles. The molecule has 0 aliphatic rings. The van der Waals surface area contributed by atoms with Crippen LogP contribution < -0.4 is 10.7 Å². The van der Waals surface area contributed by atoms with E-state index in [0.29, 0.717) is 26.7 Å². The lowest BCUT2D eigenvalue weighted by atomic mass is 10.3. The third-order valence-electron chi connectivity index (χ3n) is 3.11. The molecule has 2 heterocycles. The summed E-state index contributed by atoms with van der Waals surface area (Å²) < 4.78 is 24.3. The van der Waals surface area contributed by atoms with Crippen LogP contribution in [0.4, 0.5) is 0 Å². The van der Waals surface area contributed by atoms with Crippen LogP contribution in [0.2, 0.25) is 5.02 Å². The van der Waals surface area contributed by atoms with Gasteiger partial charge in [0, 0.05) is 0 Å². The van der Waals surface area contributed by atoms with Gasteiger partial charge in [-0.1, -0.05) is 39.7 Å². The maximum absolute atomic E-state index is 12.8. The van der Waals surface area contributed by atoms with Crippen LogP contribution in [0.15, 0.2) is 39.3 Å².